The molecule has 0 unspecified atom stereocenters. The third-order valence-electron chi connectivity index (χ3n) is 14.5. The number of nitrogens with two attached hydrogens (primary N) is 3. The van der Waals surface area contributed by atoms with Gasteiger partial charge >= 0.3 is 17.1 Å². The molecule has 0 saturated heterocycles. The van der Waals surface area contributed by atoms with Crippen LogP contribution in [0.5, 0.6) is 23.0 Å². The Hall–Kier alpha value is -13.7. The van der Waals surface area contributed by atoms with Crippen LogP contribution < -0.4 is 56.2 Å². The van der Waals surface area contributed by atoms with Crippen LogP contribution in [0.25, 0.3) is 45.0 Å². The summed E-state index contributed by atoms with van der Waals surface area (Å²) in [5.74, 6) is 2.53. The van der Waals surface area contributed by atoms with E-state index in [2.05, 4.69) is 67.2 Å². The molecule has 0 atom stereocenters. The molecule has 104 heavy (non-hydrogen) atoms. The summed E-state index contributed by atoms with van der Waals surface area (Å²) in [5, 5.41) is 56.0. The van der Waals surface area contributed by atoms with Crippen LogP contribution in [0.15, 0.2) is 229 Å². The second kappa shape index (κ2) is 33.9. The summed E-state index contributed by atoms with van der Waals surface area (Å²) in [4.78, 5) is 66.3. The predicted molar refractivity (Wildman–Crippen MR) is 392 cm³/mol. The summed E-state index contributed by atoms with van der Waals surface area (Å²) in [7, 11) is -1.92. The van der Waals surface area contributed by atoms with Crippen molar-refractivity contribution in [2.45, 2.75) is 23.6 Å². The number of nitro benzene ring substituents is 3. The van der Waals surface area contributed by atoms with E-state index in [1.54, 1.807) is 68.0 Å². The number of nitrogens with zero attached hydrogens (tertiary/aromatic N) is 11. The van der Waals surface area contributed by atoms with E-state index >= 15 is 0 Å². The average molecular weight is 1450 g/mol. The Morgan fingerprint density at radius 3 is 1.05 bits per heavy atom. The first-order valence-corrected chi connectivity index (χ1v) is 33.6. The van der Waals surface area contributed by atoms with E-state index in [9.17, 15) is 47.2 Å². The SMILES string of the molecule is COc1ccc(-c2ccnc(Nc3cc(C)cc(C)c3)n2)cc1[N+](=O)[O-].COc1ccc(-c2ccnc(Nc3ccc(S(N)(=O)=O)cc3)n2)cc1[N+](=O)[O-].COc1ccc(-c2ccnc(Nc3cccc(S(N)(=O)=O)c3)n2)cc1[N+](=O)[O-].COc1ccc(-c2ccnc(Nc3ccccc3)n2)cc1N. The van der Waals surface area contributed by atoms with Crippen molar-refractivity contribution < 1.29 is 50.6 Å². The molecule has 8 aromatic carbocycles. The van der Waals surface area contributed by atoms with E-state index in [1.807, 2.05) is 80.6 Å². The lowest BCUT2D eigenvalue weighted by Gasteiger charge is -2.09. The van der Waals surface area contributed by atoms with E-state index in [1.165, 1.54) is 107 Å². The van der Waals surface area contributed by atoms with Gasteiger partial charge in [-0.2, -0.15) is 0 Å². The standard InChI is InChI=1S/C19H18N4O3.2C17H15N5O5S.C17H16N4O/c1-12-8-13(2)10-15(9-12)21-19-20-7-6-16(22-19)14-4-5-18(26-3)17(11-14)23(24)25;1-27-16-7-2-11(10-15(16)22(23)24)14-8-9-19-17(21-14)20-12-3-5-13(6-4-12)28(18,25)26;1-27-16-6-5-11(9-15(16)22(23)24)14-7-8-19-17(21-14)20-12-3-2-4-13(10-12)28(18,25)26;1-22-16-8-7-12(11-14(16)18)15-9-10-19-17(21-15)20-13-5-3-2-4-6-13/h4-11H,1-3H3,(H,20,21,22);2*2-10H,1H3,(H2,18,25,26)(H,19,20,21);2-11H,18H2,1H3,(H,19,20,21). The number of aromatic nitrogens is 8. The fourth-order valence-corrected chi connectivity index (χ4v) is 10.8. The van der Waals surface area contributed by atoms with Crippen molar-refractivity contribution in [2.75, 3.05) is 55.4 Å². The highest BCUT2D eigenvalue weighted by Gasteiger charge is 2.21. The van der Waals surface area contributed by atoms with Crippen LogP contribution >= 0.6 is 0 Å². The van der Waals surface area contributed by atoms with Gasteiger partial charge in [0.1, 0.15) is 5.75 Å². The molecule has 0 radical (unpaired) electrons. The number of hydrogen-bond donors (Lipinski definition) is 7. The van der Waals surface area contributed by atoms with Gasteiger partial charge in [0.25, 0.3) is 0 Å². The molecule has 10 N–H and O–H groups in total. The second-order valence-corrected chi connectivity index (χ2v) is 25.0. The molecule has 530 valence electrons. The number of para-hydroxylation sites is 1. The fraction of sp³-hybridized carbons (Fsp3) is 0.0857. The molecule has 0 amide bonds. The number of anilines is 9. The first-order chi connectivity index (χ1) is 49.8. The molecule has 0 aliphatic rings. The lowest BCUT2D eigenvalue weighted by Crippen LogP contribution is -2.12. The molecule has 32 nitrogen and oxygen atoms in total. The molecule has 0 aliphatic carbocycles. The quantitative estimate of drug-likeness (QED) is 0.0199. The smallest absolute Gasteiger partial charge is 0.311 e. The number of nitrogens with one attached hydrogen (secondary N) is 4. The van der Waals surface area contributed by atoms with Crippen molar-refractivity contribution in [3.63, 3.8) is 0 Å². The average Bonchev–Trinajstić information content (AvgIpc) is 0.824. The Morgan fingerprint density at radius 1 is 0.356 bits per heavy atom. The molecule has 0 aliphatic heterocycles. The number of nitro groups is 3. The highest BCUT2D eigenvalue weighted by molar-refractivity contribution is 7.89. The molecule has 4 aromatic heterocycles. The van der Waals surface area contributed by atoms with Gasteiger partial charge in [-0.1, -0.05) is 30.3 Å². The number of nitrogen functional groups attached to an aromatic ring is 1. The van der Waals surface area contributed by atoms with Crippen LogP contribution in [0.3, 0.4) is 0 Å². The van der Waals surface area contributed by atoms with Gasteiger partial charge in [-0.15, -0.1) is 0 Å². The minimum absolute atomic E-state index is 0.0155. The monoisotopic (exact) mass is 1440 g/mol. The van der Waals surface area contributed by atoms with Gasteiger partial charge in [-0.05, 0) is 171 Å². The lowest BCUT2D eigenvalue weighted by atomic mass is 10.1. The Balaban J connectivity index is 0.000000161. The molecule has 12 rings (SSSR count). The molecule has 0 saturated carbocycles. The maximum absolute atomic E-state index is 11.5. The van der Waals surface area contributed by atoms with Crippen LogP contribution in [0.4, 0.5) is 69.3 Å². The molecule has 0 spiro atoms. The Labute approximate surface area is 594 Å². The van der Waals surface area contributed by atoms with Gasteiger partial charge in [0.15, 0.2) is 17.2 Å². The largest absolute Gasteiger partial charge is 0.495 e. The van der Waals surface area contributed by atoms with Gasteiger partial charge in [0.05, 0.1) is 81.5 Å². The summed E-state index contributed by atoms with van der Waals surface area (Å²) < 4.78 is 65.7. The topological polar surface area (TPSA) is 464 Å². The Morgan fingerprint density at radius 2 is 0.692 bits per heavy atom. The third kappa shape index (κ3) is 20.2. The minimum atomic E-state index is -3.84. The Bertz CT molecular complexity index is 5320. The Kier molecular flexibility index (Phi) is 24.3. The van der Waals surface area contributed by atoms with Gasteiger partial charge in [-0.25, -0.2) is 67.0 Å². The van der Waals surface area contributed by atoms with Crippen LogP contribution in [0, 0.1) is 44.2 Å². The van der Waals surface area contributed by atoms with Crippen molar-refractivity contribution in [3.05, 3.63) is 260 Å². The molecule has 0 fully saturated rings. The van der Waals surface area contributed by atoms with Crippen molar-refractivity contribution in [1.29, 1.82) is 0 Å². The normalized spacial score (nSPS) is 10.7. The fourth-order valence-electron chi connectivity index (χ4n) is 9.75. The van der Waals surface area contributed by atoms with E-state index < -0.39 is 34.8 Å². The predicted octanol–water partition coefficient (Wildman–Crippen LogP) is 12.8. The van der Waals surface area contributed by atoms with E-state index in [-0.39, 0.29) is 56.0 Å². The number of sulfonamides is 2. The van der Waals surface area contributed by atoms with Gasteiger partial charge < -0.3 is 45.9 Å². The summed E-state index contributed by atoms with van der Waals surface area (Å²) >= 11 is 0. The lowest BCUT2D eigenvalue weighted by molar-refractivity contribution is -0.385. The van der Waals surface area contributed by atoms with Gasteiger partial charge in [0.2, 0.25) is 43.8 Å². The highest BCUT2D eigenvalue weighted by Crippen LogP contribution is 2.36. The van der Waals surface area contributed by atoms with Crippen LogP contribution in [0.1, 0.15) is 11.1 Å². The first-order valence-electron chi connectivity index (χ1n) is 30.5. The van der Waals surface area contributed by atoms with Crippen molar-refractivity contribution in [1.82, 2.24) is 39.9 Å². The summed E-state index contributed by atoms with van der Waals surface area (Å²) in [6.07, 6.45) is 6.31. The van der Waals surface area contributed by atoms with Crippen LogP contribution in [-0.4, -0.2) is 99.9 Å². The molecular weight excluding hydrogens is 1380 g/mol. The molecule has 34 heteroatoms. The molecule has 4 heterocycles. The number of methoxy groups -OCH3 is 4. The maximum Gasteiger partial charge on any atom is 0.311 e. The zero-order chi connectivity index (χ0) is 74.7. The molecule has 0 bridgehead atoms. The first kappa shape index (κ1) is 74.5. The number of benzene rings is 8. The molecule has 12 aromatic rings. The zero-order valence-electron chi connectivity index (χ0n) is 56.0. The van der Waals surface area contributed by atoms with Crippen molar-refractivity contribution in [2.24, 2.45) is 10.3 Å². The van der Waals surface area contributed by atoms with Gasteiger partial charge in [-0.3, -0.25) is 30.3 Å². The van der Waals surface area contributed by atoms with E-state index in [4.69, 9.17) is 35.0 Å². The molecular formula is C70H64N18O14S2. The van der Waals surface area contributed by atoms with Gasteiger partial charge in [0, 0.05) is 88.0 Å². The number of primary sulfonamides is 2. The van der Waals surface area contributed by atoms with E-state index in [0.717, 1.165) is 33.8 Å². The summed E-state index contributed by atoms with van der Waals surface area (Å²) in [5.41, 5.74) is 15.9. The summed E-state index contributed by atoms with van der Waals surface area (Å²) in [6, 6.07) is 53.6. The van der Waals surface area contributed by atoms with E-state index in [0.29, 0.717) is 68.5 Å². The number of ether oxygens (including phenoxy) is 4. The van der Waals surface area contributed by atoms with Crippen molar-refractivity contribution in [3.8, 4) is 68.0 Å². The van der Waals surface area contributed by atoms with Crippen LogP contribution in [-0.2, 0) is 20.0 Å². The van der Waals surface area contributed by atoms with Crippen LogP contribution in [0.2, 0.25) is 0 Å². The maximum atomic E-state index is 11.5. The minimum Gasteiger partial charge on any atom is -0.495 e. The second-order valence-electron chi connectivity index (χ2n) is 21.8. The zero-order valence-corrected chi connectivity index (χ0v) is 57.6. The van der Waals surface area contributed by atoms with Crippen molar-refractivity contribution >= 4 is 89.3 Å². The highest BCUT2D eigenvalue weighted by atomic mass is 32.2. The number of aryl methyl sites for hydroxylation is 2. The summed E-state index contributed by atoms with van der Waals surface area (Å²) in [6.45, 7) is 4.04. The number of hydrogen-bond acceptors (Lipinski definition) is 27. The third-order valence-corrected chi connectivity index (χ3v) is 16.4. The number of rotatable bonds is 21.